The number of hydrogen-bond donors (Lipinski definition) is 2. The Morgan fingerprint density at radius 1 is 0.947 bits per heavy atom. The molecule has 9 heteroatoms. The van der Waals surface area contributed by atoms with E-state index in [2.05, 4.69) is 5.32 Å². The van der Waals surface area contributed by atoms with E-state index in [0.717, 1.165) is 50.5 Å². The summed E-state index contributed by atoms with van der Waals surface area (Å²) in [5.74, 6) is 0.435. The fourth-order valence-corrected chi connectivity index (χ4v) is 6.00. The van der Waals surface area contributed by atoms with E-state index in [1.165, 1.54) is 0 Å². The maximum absolute atomic E-state index is 14.4. The van der Waals surface area contributed by atoms with Crippen molar-refractivity contribution in [2.75, 3.05) is 27.9 Å². The molecule has 1 aliphatic heterocycles. The zero-order chi connectivity index (χ0) is 27.8. The highest BCUT2D eigenvalue weighted by Crippen LogP contribution is 2.45. The third-order valence-corrected chi connectivity index (χ3v) is 7.89. The predicted molar refractivity (Wildman–Crippen MR) is 145 cm³/mol. The van der Waals surface area contributed by atoms with Crippen LogP contribution in [0.4, 0.5) is 0 Å². The molecule has 9 nitrogen and oxygen atoms in total. The number of piperidine rings is 1. The molecule has 1 saturated carbocycles. The van der Waals surface area contributed by atoms with Gasteiger partial charge in [-0.2, -0.15) is 0 Å². The van der Waals surface area contributed by atoms with Gasteiger partial charge in [0.05, 0.1) is 27.2 Å². The number of ether oxygens (including phenoxy) is 3. The van der Waals surface area contributed by atoms with Crippen LogP contribution in [0.25, 0.3) is 0 Å². The van der Waals surface area contributed by atoms with Crippen LogP contribution in [0.2, 0.25) is 0 Å². The molecule has 212 valence electrons. The normalized spacial score (nSPS) is 19.9. The minimum Gasteiger partial charge on any atom is -0.493 e. The van der Waals surface area contributed by atoms with Crippen molar-refractivity contribution in [3.63, 3.8) is 0 Å². The Bertz CT molecular complexity index is 950. The molecule has 0 radical (unpaired) electrons. The number of amides is 3. The van der Waals surface area contributed by atoms with Crippen LogP contribution in [-0.2, 0) is 14.4 Å². The number of primary amides is 1. The predicted octanol–water partition coefficient (Wildman–Crippen LogP) is 3.77. The summed E-state index contributed by atoms with van der Waals surface area (Å²) in [7, 11) is 4.69. The number of nitrogens with one attached hydrogen (secondary N) is 1. The highest BCUT2D eigenvalue weighted by atomic mass is 16.5. The first kappa shape index (κ1) is 29.6. The summed E-state index contributed by atoms with van der Waals surface area (Å²) in [4.78, 5) is 41.6. The van der Waals surface area contributed by atoms with E-state index >= 15 is 0 Å². The van der Waals surface area contributed by atoms with Crippen molar-refractivity contribution in [1.29, 1.82) is 0 Å². The molecule has 0 bridgehead atoms. The van der Waals surface area contributed by atoms with E-state index in [1.54, 1.807) is 26.2 Å². The molecular formula is C29H45N3O6. The molecule has 3 rings (SSSR count). The average molecular weight is 532 g/mol. The molecule has 0 spiro atoms. The van der Waals surface area contributed by atoms with Crippen molar-refractivity contribution < 1.29 is 28.6 Å². The number of likely N-dealkylation sites (tertiary alicyclic amines) is 1. The fraction of sp³-hybridized carbons (Fsp3) is 0.690. The van der Waals surface area contributed by atoms with Gasteiger partial charge in [-0.3, -0.25) is 14.4 Å². The lowest BCUT2D eigenvalue weighted by Gasteiger charge is -2.40. The van der Waals surface area contributed by atoms with E-state index in [0.29, 0.717) is 36.6 Å². The first-order chi connectivity index (χ1) is 18.2. The summed E-state index contributed by atoms with van der Waals surface area (Å²) in [6.07, 6.45) is 7.85. The van der Waals surface area contributed by atoms with Gasteiger partial charge in [-0.25, -0.2) is 0 Å². The molecular weight excluding hydrogens is 486 g/mol. The third-order valence-electron chi connectivity index (χ3n) is 7.89. The minimum atomic E-state index is -0.759. The second-order valence-electron chi connectivity index (χ2n) is 11.0. The molecule has 1 aromatic carbocycles. The van der Waals surface area contributed by atoms with Crippen LogP contribution in [0, 0.1) is 11.8 Å². The molecule has 3 N–H and O–H groups in total. The number of nitrogens with two attached hydrogens (primary N) is 1. The largest absolute Gasteiger partial charge is 0.493 e. The standard InChI is InChI=1S/C29H45N3O6/c1-18(2)15-21(27(30)33)31-28(34)22-13-9-10-14-32(22)29(35)25(19-11-7-6-8-12-19)20-16-23(36-3)26(38-5)24(17-20)37-4/h16-19,21-22,25H,6-15H2,1-5H3,(H2,30,33)(H,31,34)/t21?,22-,25?/m0/s1. The minimum absolute atomic E-state index is 0.0643. The van der Waals surface area contributed by atoms with Gasteiger partial charge >= 0.3 is 0 Å². The lowest BCUT2D eigenvalue weighted by Crippen LogP contribution is -2.57. The van der Waals surface area contributed by atoms with Gasteiger partial charge in [0.2, 0.25) is 23.5 Å². The number of methoxy groups -OCH3 is 3. The molecule has 2 fully saturated rings. The number of carbonyl (C=O) groups excluding carboxylic acids is 3. The van der Waals surface area contributed by atoms with Crippen molar-refractivity contribution in [2.45, 2.75) is 89.6 Å². The summed E-state index contributed by atoms with van der Waals surface area (Å²) >= 11 is 0. The quantitative estimate of drug-likeness (QED) is 0.449. The Morgan fingerprint density at radius 2 is 1.55 bits per heavy atom. The zero-order valence-corrected chi connectivity index (χ0v) is 23.6. The maximum Gasteiger partial charge on any atom is 0.243 e. The van der Waals surface area contributed by atoms with Gasteiger partial charge in [-0.1, -0.05) is 33.1 Å². The Kier molecular flexibility index (Phi) is 10.7. The second kappa shape index (κ2) is 13.7. The SMILES string of the molecule is COc1cc(C(C(=O)N2CCCC[C@H]2C(=O)NC(CC(C)C)C(N)=O)C2CCCCC2)cc(OC)c1OC. The lowest BCUT2D eigenvalue weighted by molar-refractivity contribution is -0.145. The number of carbonyl (C=O) groups is 3. The molecule has 2 unspecified atom stereocenters. The number of benzene rings is 1. The highest BCUT2D eigenvalue weighted by Gasteiger charge is 2.40. The Morgan fingerprint density at radius 3 is 2.08 bits per heavy atom. The smallest absolute Gasteiger partial charge is 0.243 e. The molecule has 0 aromatic heterocycles. The van der Waals surface area contributed by atoms with Crippen molar-refractivity contribution in [3.05, 3.63) is 17.7 Å². The topological polar surface area (TPSA) is 120 Å². The summed E-state index contributed by atoms with van der Waals surface area (Å²) in [6, 6.07) is 2.33. The van der Waals surface area contributed by atoms with Gasteiger partial charge in [0.25, 0.3) is 0 Å². The molecule has 3 amide bonds. The molecule has 1 aliphatic carbocycles. The van der Waals surface area contributed by atoms with Crippen LogP contribution in [0.3, 0.4) is 0 Å². The summed E-state index contributed by atoms with van der Waals surface area (Å²) in [5, 5.41) is 2.85. The van der Waals surface area contributed by atoms with E-state index < -0.39 is 23.9 Å². The number of hydrogen-bond acceptors (Lipinski definition) is 6. The van der Waals surface area contributed by atoms with E-state index in [4.69, 9.17) is 19.9 Å². The van der Waals surface area contributed by atoms with Crippen molar-refractivity contribution in [1.82, 2.24) is 10.2 Å². The van der Waals surface area contributed by atoms with Crippen LogP contribution in [0.1, 0.15) is 83.1 Å². The Balaban J connectivity index is 1.97. The van der Waals surface area contributed by atoms with Gasteiger partial charge in [-0.05, 0) is 68.1 Å². The summed E-state index contributed by atoms with van der Waals surface area (Å²) in [5.41, 5.74) is 6.39. The van der Waals surface area contributed by atoms with Crippen LogP contribution >= 0.6 is 0 Å². The molecule has 1 heterocycles. The van der Waals surface area contributed by atoms with Gasteiger partial charge in [0.15, 0.2) is 11.5 Å². The van der Waals surface area contributed by atoms with Crippen LogP contribution in [0.15, 0.2) is 12.1 Å². The van der Waals surface area contributed by atoms with Gasteiger partial charge in [-0.15, -0.1) is 0 Å². The molecule has 38 heavy (non-hydrogen) atoms. The van der Waals surface area contributed by atoms with E-state index in [1.807, 2.05) is 26.0 Å². The monoisotopic (exact) mass is 531 g/mol. The second-order valence-corrected chi connectivity index (χ2v) is 11.0. The maximum atomic E-state index is 14.4. The summed E-state index contributed by atoms with van der Waals surface area (Å²) < 4.78 is 16.7. The first-order valence-electron chi connectivity index (χ1n) is 13.9. The molecule has 2 aliphatic rings. The number of rotatable bonds is 11. The van der Waals surface area contributed by atoms with Crippen LogP contribution in [-0.4, -0.2) is 62.6 Å². The Hall–Kier alpha value is -2.97. The molecule has 3 atom stereocenters. The third kappa shape index (κ3) is 6.91. The van der Waals surface area contributed by atoms with Gasteiger partial charge in [0.1, 0.15) is 12.1 Å². The van der Waals surface area contributed by atoms with Crippen molar-refractivity contribution >= 4 is 17.7 Å². The lowest BCUT2D eigenvalue weighted by atomic mass is 9.75. The first-order valence-corrected chi connectivity index (χ1v) is 13.9. The van der Waals surface area contributed by atoms with Gasteiger partial charge in [0, 0.05) is 6.54 Å². The Labute approximate surface area is 226 Å². The fourth-order valence-electron chi connectivity index (χ4n) is 6.00. The van der Waals surface area contributed by atoms with E-state index in [-0.39, 0.29) is 23.7 Å². The molecule has 1 saturated heterocycles. The van der Waals surface area contributed by atoms with Crippen LogP contribution < -0.4 is 25.3 Å². The van der Waals surface area contributed by atoms with Gasteiger partial charge < -0.3 is 30.2 Å². The number of nitrogens with zero attached hydrogens (tertiary/aromatic N) is 1. The van der Waals surface area contributed by atoms with Crippen molar-refractivity contribution in [3.8, 4) is 17.2 Å². The van der Waals surface area contributed by atoms with Crippen LogP contribution in [0.5, 0.6) is 17.2 Å². The molecule has 1 aromatic rings. The van der Waals surface area contributed by atoms with E-state index in [9.17, 15) is 14.4 Å². The average Bonchev–Trinajstić information content (AvgIpc) is 2.92. The van der Waals surface area contributed by atoms with Crippen molar-refractivity contribution in [2.24, 2.45) is 17.6 Å². The zero-order valence-electron chi connectivity index (χ0n) is 23.6. The highest BCUT2D eigenvalue weighted by molar-refractivity contribution is 5.93. The summed E-state index contributed by atoms with van der Waals surface area (Å²) in [6.45, 7) is 4.45.